The zero-order chi connectivity index (χ0) is 17.2. The summed E-state index contributed by atoms with van der Waals surface area (Å²) in [6.07, 6.45) is 5.02. The Morgan fingerprint density at radius 3 is 2.76 bits per heavy atom. The molecule has 2 heterocycles. The zero-order valence-corrected chi connectivity index (χ0v) is 14.0. The van der Waals surface area contributed by atoms with E-state index in [9.17, 15) is 0 Å². The first kappa shape index (κ1) is 15.1. The Bertz CT molecular complexity index is 1030. The van der Waals surface area contributed by atoms with Gasteiger partial charge in [-0.25, -0.2) is 15.0 Å². The molecule has 2 aromatic carbocycles. The van der Waals surface area contributed by atoms with Crippen LogP contribution in [0.15, 0.2) is 61.3 Å². The normalized spacial score (nSPS) is 10.8. The van der Waals surface area contributed by atoms with Crippen LogP contribution < -0.4 is 10.1 Å². The standard InChI is InChI=1S/C19H17N5O/c1-13-9-14(23-19-7-8-20-11-21-19)3-6-18(13)25-15-4-5-17-16(10-15)22-12-24(17)2/h3-12H,1-2H3,(H,20,21,23). The highest BCUT2D eigenvalue weighted by atomic mass is 16.5. The van der Waals surface area contributed by atoms with Gasteiger partial charge in [-0.2, -0.15) is 0 Å². The van der Waals surface area contributed by atoms with Crippen LogP contribution in [0.5, 0.6) is 11.5 Å². The van der Waals surface area contributed by atoms with Gasteiger partial charge in [0.2, 0.25) is 0 Å². The summed E-state index contributed by atoms with van der Waals surface area (Å²) in [6.45, 7) is 2.01. The molecule has 0 aliphatic rings. The molecule has 0 saturated heterocycles. The van der Waals surface area contributed by atoms with Crippen molar-refractivity contribution in [2.75, 3.05) is 5.32 Å². The fraction of sp³-hybridized carbons (Fsp3) is 0.105. The monoisotopic (exact) mass is 331 g/mol. The smallest absolute Gasteiger partial charge is 0.133 e. The average molecular weight is 331 g/mol. The molecule has 0 atom stereocenters. The van der Waals surface area contributed by atoms with E-state index in [0.29, 0.717) is 0 Å². The lowest BCUT2D eigenvalue weighted by Crippen LogP contribution is -1.95. The summed E-state index contributed by atoms with van der Waals surface area (Å²) in [5.74, 6) is 2.33. The van der Waals surface area contributed by atoms with Crippen molar-refractivity contribution in [1.29, 1.82) is 0 Å². The number of aromatic nitrogens is 4. The second-order valence-corrected chi connectivity index (χ2v) is 5.81. The molecule has 0 fully saturated rings. The van der Waals surface area contributed by atoms with Gasteiger partial charge in [0.05, 0.1) is 17.4 Å². The summed E-state index contributed by atoms with van der Waals surface area (Å²) in [6, 6.07) is 13.7. The Kier molecular flexibility index (Phi) is 3.78. The van der Waals surface area contributed by atoms with Gasteiger partial charge < -0.3 is 14.6 Å². The summed E-state index contributed by atoms with van der Waals surface area (Å²) in [7, 11) is 1.98. The zero-order valence-electron chi connectivity index (χ0n) is 14.0. The largest absolute Gasteiger partial charge is 0.457 e. The molecule has 6 nitrogen and oxygen atoms in total. The predicted molar refractivity (Wildman–Crippen MR) is 97.3 cm³/mol. The minimum absolute atomic E-state index is 0.753. The molecule has 0 bridgehead atoms. The third-order valence-corrected chi connectivity index (χ3v) is 3.95. The third-order valence-electron chi connectivity index (χ3n) is 3.95. The molecule has 2 aromatic heterocycles. The van der Waals surface area contributed by atoms with Crippen molar-refractivity contribution in [2.45, 2.75) is 6.92 Å². The summed E-state index contributed by atoms with van der Waals surface area (Å²) >= 11 is 0. The number of hydrogen-bond acceptors (Lipinski definition) is 5. The lowest BCUT2D eigenvalue weighted by Gasteiger charge is -2.11. The summed E-state index contributed by atoms with van der Waals surface area (Å²) in [5, 5.41) is 3.24. The number of imidazole rings is 1. The molecule has 0 radical (unpaired) electrons. The number of aryl methyl sites for hydroxylation is 2. The summed E-state index contributed by atoms with van der Waals surface area (Å²) in [5.41, 5.74) is 3.97. The lowest BCUT2D eigenvalue weighted by molar-refractivity contribution is 0.479. The van der Waals surface area contributed by atoms with Gasteiger partial charge in [0.25, 0.3) is 0 Å². The van der Waals surface area contributed by atoms with Crippen LogP contribution in [-0.2, 0) is 7.05 Å². The molecule has 4 aromatic rings. The number of fused-ring (bicyclic) bond motifs is 1. The fourth-order valence-corrected chi connectivity index (χ4v) is 2.66. The van der Waals surface area contributed by atoms with E-state index >= 15 is 0 Å². The van der Waals surface area contributed by atoms with Crippen molar-refractivity contribution in [3.8, 4) is 11.5 Å². The quantitative estimate of drug-likeness (QED) is 0.607. The molecular weight excluding hydrogens is 314 g/mol. The second kappa shape index (κ2) is 6.24. The number of nitrogens with one attached hydrogen (secondary N) is 1. The van der Waals surface area contributed by atoms with Gasteiger partial charge in [-0.1, -0.05) is 0 Å². The van der Waals surface area contributed by atoms with Gasteiger partial charge in [0, 0.05) is 25.0 Å². The van der Waals surface area contributed by atoms with Crippen molar-refractivity contribution in [3.05, 3.63) is 66.9 Å². The molecule has 124 valence electrons. The van der Waals surface area contributed by atoms with Crippen LogP contribution >= 0.6 is 0 Å². The Balaban J connectivity index is 1.55. The number of benzene rings is 2. The molecule has 1 N–H and O–H groups in total. The van der Waals surface area contributed by atoms with Crippen LogP contribution in [0, 0.1) is 6.92 Å². The fourth-order valence-electron chi connectivity index (χ4n) is 2.66. The Labute approximate surface area is 145 Å². The highest BCUT2D eigenvalue weighted by Crippen LogP contribution is 2.29. The first-order chi connectivity index (χ1) is 12.2. The van der Waals surface area contributed by atoms with Crippen molar-refractivity contribution in [2.24, 2.45) is 7.05 Å². The van der Waals surface area contributed by atoms with Gasteiger partial charge in [-0.05, 0) is 48.9 Å². The molecule has 0 aliphatic heterocycles. The van der Waals surface area contributed by atoms with Gasteiger partial charge in [-0.3, -0.25) is 0 Å². The molecule has 0 amide bonds. The minimum atomic E-state index is 0.753. The highest BCUT2D eigenvalue weighted by molar-refractivity contribution is 5.77. The molecular formula is C19H17N5O. The van der Waals surface area contributed by atoms with Crippen LogP contribution in [0.3, 0.4) is 0 Å². The summed E-state index contributed by atoms with van der Waals surface area (Å²) in [4.78, 5) is 12.4. The summed E-state index contributed by atoms with van der Waals surface area (Å²) < 4.78 is 8.01. The molecule has 0 spiro atoms. The van der Waals surface area contributed by atoms with E-state index in [2.05, 4.69) is 20.3 Å². The maximum absolute atomic E-state index is 6.03. The van der Waals surface area contributed by atoms with Crippen molar-refractivity contribution in [1.82, 2.24) is 19.5 Å². The van der Waals surface area contributed by atoms with Crippen molar-refractivity contribution in [3.63, 3.8) is 0 Å². The number of hydrogen-bond donors (Lipinski definition) is 1. The number of anilines is 2. The SMILES string of the molecule is Cc1cc(Nc2ccncn2)ccc1Oc1ccc2c(c1)ncn2C. The van der Waals surface area contributed by atoms with Gasteiger partial charge in [0.1, 0.15) is 23.6 Å². The van der Waals surface area contributed by atoms with E-state index in [1.165, 1.54) is 6.33 Å². The maximum Gasteiger partial charge on any atom is 0.133 e. The first-order valence-corrected chi connectivity index (χ1v) is 7.92. The highest BCUT2D eigenvalue weighted by Gasteiger charge is 2.06. The van der Waals surface area contributed by atoms with Gasteiger partial charge in [-0.15, -0.1) is 0 Å². The van der Waals surface area contributed by atoms with E-state index in [1.54, 1.807) is 12.5 Å². The van der Waals surface area contributed by atoms with E-state index in [1.807, 2.05) is 61.0 Å². The molecule has 25 heavy (non-hydrogen) atoms. The topological polar surface area (TPSA) is 64.9 Å². The van der Waals surface area contributed by atoms with E-state index < -0.39 is 0 Å². The third kappa shape index (κ3) is 3.14. The Hall–Kier alpha value is -3.41. The minimum Gasteiger partial charge on any atom is -0.457 e. The van der Waals surface area contributed by atoms with Crippen LogP contribution in [-0.4, -0.2) is 19.5 Å². The van der Waals surface area contributed by atoms with Crippen LogP contribution in [0.1, 0.15) is 5.56 Å². The lowest BCUT2D eigenvalue weighted by atomic mass is 10.2. The number of nitrogens with zero attached hydrogens (tertiary/aromatic N) is 4. The Morgan fingerprint density at radius 2 is 1.96 bits per heavy atom. The van der Waals surface area contributed by atoms with Crippen molar-refractivity contribution < 1.29 is 4.74 Å². The molecule has 0 saturated carbocycles. The molecule has 6 heteroatoms. The average Bonchev–Trinajstić information content (AvgIpc) is 2.99. The van der Waals surface area contributed by atoms with E-state index in [0.717, 1.165) is 39.6 Å². The predicted octanol–water partition coefficient (Wildman–Crippen LogP) is 4.21. The van der Waals surface area contributed by atoms with Crippen LogP contribution in [0.25, 0.3) is 11.0 Å². The van der Waals surface area contributed by atoms with Crippen LogP contribution in [0.2, 0.25) is 0 Å². The number of rotatable bonds is 4. The molecule has 4 rings (SSSR count). The van der Waals surface area contributed by atoms with Gasteiger partial charge in [0.15, 0.2) is 0 Å². The molecule has 0 aliphatic carbocycles. The second-order valence-electron chi connectivity index (χ2n) is 5.81. The van der Waals surface area contributed by atoms with E-state index in [4.69, 9.17) is 4.74 Å². The maximum atomic E-state index is 6.03. The van der Waals surface area contributed by atoms with Crippen LogP contribution in [0.4, 0.5) is 11.5 Å². The Morgan fingerprint density at radius 1 is 1.04 bits per heavy atom. The van der Waals surface area contributed by atoms with Gasteiger partial charge >= 0.3 is 0 Å². The number of ether oxygens (including phenoxy) is 1. The van der Waals surface area contributed by atoms with E-state index in [-0.39, 0.29) is 0 Å². The van der Waals surface area contributed by atoms with Crippen molar-refractivity contribution >= 4 is 22.5 Å². The first-order valence-electron chi connectivity index (χ1n) is 7.92. The molecule has 0 unspecified atom stereocenters.